The topological polar surface area (TPSA) is 44.1 Å². The minimum Gasteiger partial charge on any atom is -0.494 e. The van der Waals surface area contributed by atoms with Crippen molar-refractivity contribution >= 4 is 10.9 Å². The average Bonchev–Trinajstić information content (AvgIpc) is 2.54. The van der Waals surface area contributed by atoms with Crippen LogP contribution >= 0.6 is 0 Å². The zero-order valence-corrected chi connectivity index (χ0v) is 12.5. The van der Waals surface area contributed by atoms with E-state index in [-0.39, 0.29) is 5.56 Å². The Labute approximate surface area is 129 Å². The Bertz CT molecular complexity index is 840. The van der Waals surface area contributed by atoms with Gasteiger partial charge in [0, 0.05) is 6.54 Å². The van der Waals surface area contributed by atoms with Crippen LogP contribution in [0.1, 0.15) is 12.0 Å². The maximum atomic E-state index is 12.3. The molecule has 3 rings (SSSR count). The third-order valence-corrected chi connectivity index (χ3v) is 3.53. The molecule has 0 fully saturated rings. The number of hydrogen-bond donors (Lipinski definition) is 0. The van der Waals surface area contributed by atoms with Crippen molar-refractivity contribution in [2.75, 3.05) is 6.61 Å². The van der Waals surface area contributed by atoms with Crippen molar-refractivity contribution in [2.24, 2.45) is 0 Å². The fourth-order valence-electron chi connectivity index (χ4n) is 2.40. The van der Waals surface area contributed by atoms with Gasteiger partial charge < -0.3 is 4.74 Å². The van der Waals surface area contributed by atoms with Crippen molar-refractivity contribution in [2.45, 2.75) is 19.9 Å². The summed E-state index contributed by atoms with van der Waals surface area (Å²) in [5, 5.41) is 0.657. The van der Waals surface area contributed by atoms with Gasteiger partial charge in [0.05, 0.1) is 23.8 Å². The van der Waals surface area contributed by atoms with Gasteiger partial charge in [0.25, 0.3) is 5.56 Å². The first kappa shape index (κ1) is 14.3. The lowest BCUT2D eigenvalue weighted by Crippen LogP contribution is -2.21. The fourth-order valence-corrected chi connectivity index (χ4v) is 2.40. The van der Waals surface area contributed by atoms with Gasteiger partial charge >= 0.3 is 0 Å². The lowest BCUT2D eigenvalue weighted by molar-refractivity contribution is 0.300. The van der Waals surface area contributed by atoms with Gasteiger partial charge in [-0.1, -0.05) is 24.3 Å². The van der Waals surface area contributed by atoms with E-state index in [1.807, 2.05) is 55.5 Å². The van der Waals surface area contributed by atoms with Crippen LogP contribution in [-0.2, 0) is 6.54 Å². The number of rotatable bonds is 5. The number of aromatic nitrogens is 2. The highest BCUT2D eigenvalue weighted by atomic mass is 16.5. The van der Waals surface area contributed by atoms with Crippen molar-refractivity contribution in [1.29, 1.82) is 0 Å². The van der Waals surface area contributed by atoms with Gasteiger partial charge in [-0.25, -0.2) is 4.98 Å². The molecular weight excluding hydrogens is 276 g/mol. The van der Waals surface area contributed by atoms with Crippen LogP contribution in [0, 0.1) is 6.92 Å². The molecule has 0 saturated carbocycles. The number of fused-ring (bicyclic) bond motifs is 1. The maximum absolute atomic E-state index is 12.3. The molecule has 0 unspecified atom stereocenters. The molecule has 1 aromatic heterocycles. The second-order valence-corrected chi connectivity index (χ2v) is 5.28. The molecule has 0 amide bonds. The number of ether oxygens (including phenoxy) is 1. The largest absolute Gasteiger partial charge is 0.494 e. The van der Waals surface area contributed by atoms with Gasteiger partial charge in [-0.3, -0.25) is 9.36 Å². The summed E-state index contributed by atoms with van der Waals surface area (Å²) in [7, 11) is 0. The molecular formula is C18H18N2O2. The Morgan fingerprint density at radius 2 is 2.00 bits per heavy atom. The molecule has 0 aliphatic rings. The molecule has 0 saturated heterocycles. The quantitative estimate of drug-likeness (QED) is 0.679. The highest BCUT2D eigenvalue weighted by Crippen LogP contribution is 2.12. The lowest BCUT2D eigenvalue weighted by Gasteiger charge is -2.08. The van der Waals surface area contributed by atoms with Gasteiger partial charge in [0.15, 0.2) is 0 Å². The molecule has 0 spiro atoms. The molecule has 1 heterocycles. The van der Waals surface area contributed by atoms with Crippen LogP contribution in [-0.4, -0.2) is 16.2 Å². The lowest BCUT2D eigenvalue weighted by atomic mass is 10.2. The summed E-state index contributed by atoms with van der Waals surface area (Å²) < 4.78 is 7.34. The Balaban J connectivity index is 1.62. The van der Waals surface area contributed by atoms with Gasteiger partial charge in [0.2, 0.25) is 0 Å². The van der Waals surface area contributed by atoms with Crippen LogP contribution in [0.4, 0.5) is 0 Å². The van der Waals surface area contributed by atoms with Gasteiger partial charge in [-0.05, 0) is 43.2 Å². The molecule has 112 valence electrons. The molecule has 0 aliphatic heterocycles. The van der Waals surface area contributed by atoms with E-state index in [9.17, 15) is 4.79 Å². The Morgan fingerprint density at radius 3 is 2.86 bits per heavy atom. The number of benzene rings is 2. The van der Waals surface area contributed by atoms with Crippen LogP contribution in [0.25, 0.3) is 10.9 Å². The number of aryl methyl sites for hydroxylation is 2. The summed E-state index contributed by atoms with van der Waals surface area (Å²) in [4.78, 5) is 16.6. The predicted molar refractivity (Wildman–Crippen MR) is 87.3 cm³/mol. The highest BCUT2D eigenvalue weighted by Gasteiger charge is 2.03. The second-order valence-electron chi connectivity index (χ2n) is 5.28. The molecule has 4 heteroatoms. The molecule has 3 aromatic rings. The van der Waals surface area contributed by atoms with E-state index in [1.54, 1.807) is 10.9 Å². The Morgan fingerprint density at radius 1 is 1.14 bits per heavy atom. The molecule has 2 aromatic carbocycles. The van der Waals surface area contributed by atoms with Crippen molar-refractivity contribution < 1.29 is 4.74 Å². The van der Waals surface area contributed by atoms with Crippen LogP contribution in [0.5, 0.6) is 5.75 Å². The molecule has 0 atom stereocenters. The molecule has 22 heavy (non-hydrogen) atoms. The number of hydrogen-bond acceptors (Lipinski definition) is 3. The van der Waals surface area contributed by atoms with Crippen LogP contribution < -0.4 is 10.3 Å². The van der Waals surface area contributed by atoms with Crippen LogP contribution in [0.2, 0.25) is 0 Å². The second kappa shape index (κ2) is 6.43. The average molecular weight is 294 g/mol. The molecule has 0 N–H and O–H groups in total. The minimum absolute atomic E-state index is 0.00107. The van der Waals surface area contributed by atoms with E-state index in [4.69, 9.17) is 4.74 Å². The van der Waals surface area contributed by atoms with E-state index >= 15 is 0 Å². The summed E-state index contributed by atoms with van der Waals surface area (Å²) >= 11 is 0. The van der Waals surface area contributed by atoms with Crippen molar-refractivity contribution in [3.05, 3.63) is 70.8 Å². The zero-order chi connectivity index (χ0) is 15.4. The predicted octanol–water partition coefficient (Wildman–Crippen LogP) is 3.17. The fraction of sp³-hybridized carbons (Fsp3) is 0.222. The summed E-state index contributed by atoms with van der Waals surface area (Å²) in [5.41, 5.74) is 1.91. The first-order chi connectivity index (χ1) is 10.7. The third-order valence-electron chi connectivity index (χ3n) is 3.53. The first-order valence-corrected chi connectivity index (χ1v) is 7.38. The number of nitrogens with zero attached hydrogens (tertiary/aromatic N) is 2. The monoisotopic (exact) mass is 294 g/mol. The SMILES string of the molecule is Cc1cccc(OCCCn2cnc3ccccc3c2=O)c1. The summed E-state index contributed by atoms with van der Waals surface area (Å²) in [6.45, 7) is 3.21. The summed E-state index contributed by atoms with van der Waals surface area (Å²) in [5.74, 6) is 0.865. The van der Waals surface area contributed by atoms with Crippen molar-refractivity contribution in [1.82, 2.24) is 9.55 Å². The van der Waals surface area contributed by atoms with Crippen LogP contribution in [0.15, 0.2) is 59.7 Å². The van der Waals surface area contributed by atoms with Gasteiger partial charge in [0.1, 0.15) is 5.75 Å². The Hall–Kier alpha value is -2.62. The van der Waals surface area contributed by atoms with E-state index < -0.39 is 0 Å². The maximum Gasteiger partial charge on any atom is 0.261 e. The standard InChI is InChI=1S/C18H18N2O2/c1-14-6-4-7-15(12-14)22-11-5-10-20-13-19-17-9-3-2-8-16(17)18(20)21/h2-4,6-9,12-13H,5,10-11H2,1H3. The third kappa shape index (κ3) is 3.17. The van der Waals surface area contributed by atoms with E-state index in [0.29, 0.717) is 18.5 Å². The minimum atomic E-state index is 0.00107. The van der Waals surface area contributed by atoms with Crippen molar-refractivity contribution in [3.63, 3.8) is 0 Å². The molecule has 0 radical (unpaired) electrons. The first-order valence-electron chi connectivity index (χ1n) is 7.38. The van der Waals surface area contributed by atoms with Crippen molar-refractivity contribution in [3.8, 4) is 5.75 Å². The normalized spacial score (nSPS) is 10.8. The zero-order valence-electron chi connectivity index (χ0n) is 12.5. The molecule has 4 nitrogen and oxygen atoms in total. The Kier molecular flexibility index (Phi) is 4.19. The van der Waals surface area contributed by atoms with E-state index in [0.717, 1.165) is 17.7 Å². The smallest absolute Gasteiger partial charge is 0.261 e. The van der Waals surface area contributed by atoms with E-state index in [2.05, 4.69) is 4.98 Å². The van der Waals surface area contributed by atoms with Gasteiger partial charge in [-0.2, -0.15) is 0 Å². The molecule has 0 bridgehead atoms. The number of para-hydroxylation sites is 1. The summed E-state index contributed by atoms with van der Waals surface area (Å²) in [6, 6.07) is 15.4. The van der Waals surface area contributed by atoms with E-state index in [1.165, 1.54) is 5.56 Å². The summed E-state index contributed by atoms with van der Waals surface area (Å²) in [6.07, 6.45) is 2.37. The highest BCUT2D eigenvalue weighted by molar-refractivity contribution is 5.76. The van der Waals surface area contributed by atoms with Gasteiger partial charge in [-0.15, -0.1) is 0 Å². The van der Waals surface area contributed by atoms with Crippen LogP contribution in [0.3, 0.4) is 0 Å². The molecule has 0 aliphatic carbocycles.